The molecule has 25 heavy (non-hydrogen) atoms. The van der Waals surface area contributed by atoms with Gasteiger partial charge in [0.05, 0.1) is 30.4 Å². The molecule has 1 aromatic heterocycles. The summed E-state index contributed by atoms with van der Waals surface area (Å²) in [5.74, 6) is 0.0417. The van der Waals surface area contributed by atoms with Crippen LogP contribution in [0.4, 0.5) is 0 Å². The number of aromatic nitrogens is 1. The van der Waals surface area contributed by atoms with Crippen LogP contribution in [0.2, 0.25) is 0 Å². The second-order valence-corrected chi connectivity index (χ2v) is 6.10. The Morgan fingerprint density at radius 3 is 2.48 bits per heavy atom. The van der Waals surface area contributed by atoms with E-state index in [0.29, 0.717) is 0 Å². The number of hydrogen-bond donors (Lipinski definition) is 0. The first-order valence-corrected chi connectivity index (χ1v) is 8.42. The SMILES string of the molecule is CCn1c(-c2ccccc2)c(C(=O)CN(C)CC#N)c2ccccc21. The number of Topliss-reactive ketones (excluding diaryl/α,β-unsaturated/α-hetero) is 1. The number of fused-ring (bicyclic) bond motifs is 1. The van der Waals surface area contributed by atoms with Crippen LogP contribution in [0.15, 0.2) is 54.6 Å². The quantitative estimate of drug-likeness (QED) is 0.507. The average Bonchev–Trinajstić information content (AvgIpc) is 2.97. The Morgan fingerprint density at radius 2 is 1.80 bits per heavy atom. The first-order valence-electron chi connectivity index (χ1n) is 8.42. The van der Waals surface area contributed by atoms with Gasteiger partial charge in [-0.05, 0) is 25.6 Å². The summed E-state index contributed by atoms with van der Waals surface area (Å²) in [4.78, 5) is 14.8. The van der Waals surface area contributed by atoms with Crippen molar-refractivity contribution >= 4 is 16.7 Å². The summed E-state index contributed by atoms with van der Waals surface area (Å²) in [5, 5.41) is 9.83. The molecule has 0 aliphatic rings. The van der Waals surface area contributed by atoms with E-state index < -0.39 is 0 Å². The summed E-state index contributed by atoms with van der Waals surface area (Å²) in [6, 6.07) is 20.1. The van der Waals surface area contributed by atoms with Crippen LogP contribution in [-0.2, 0) is 6.54 Å². The van der Waals surface area contributed by atoms with Gasteiger partial charge in [0.15, 0.2) is 5.78 Å². The minimum Gasteiger partial charge on any atom is -0.340 e. The summed E-state index contributed by atoms with van der Waals surface area (Å²) < 4.78 is 2.20. The molecule has 0 saturated heterocycles. The molecule has 0 atom stereocenters. The third-order valence-corrected chi connectivity index (χ3v) is 4.37. The van der Waals surface area contributed by atoms with E-state index >= 15 is 0 Å². The van der Waals surface area contributed by atoms with E-state index in [-0.39, 0.29) is 18.9 Å². The molecule has 0 N–H and O–H groups in total. The van der Waals surface area contributed by atoms with Crippen molar-refractivity contribution in [3.8, 4) is 17.3 Å². The van der Waals surface area contributed by atoms with Crippen LogP contribution in [0.3, 0.4) is 0 Å². The van der Waals surface area contributed by atoms with Crippen LogP contribution in [0.25, 0.3) is 22.2 Å². The Kier molecular flexibility index (Phi) is 4.97. The molecular formula is C21H21N3O. The minimum absolute atomic E-state index is 0.0417. The van der Waals surface area contributed by atoms with Gasteiger partial charge in [-0.15, -0.1) is 0 Å². The van der Waals surface area contributed by atoms with Crippen LogP contribution in [-0.4, -0.2) is 35.4 Å². The van der Waals surface area contributed by atoms with Gasteiger partial charge in [0, 0.05) is 17.4 Å². The number of carbonyl (C=O) groups excluding carboxylic acids is 1. The zero-order chi connectivity index (χ0) is 17.8. The number of nitriles is 1. The van der Waals surface area contributed by atoms with Crippen molar-refractivity contribution in [1.82, 2.24) is 9.47 Å². The van der Waals surface area contributed by atoms with Crippen LogP contribution in [0.5, 0.6) is 0 Å². The largest absolute Gasteiger partial charge is 0.340 e. The predicted molar refractivity (Wildman–Crippen MR) is 100 cm³/mol. The van der Waals surface area contributed by atoms with Gasteiger partial charge in [-0.25, -0.2) is 0 Å². The molecule has 0 aliphatic carbocycles. The highest BCUT2D eigenvalue weighted by Crippen LogP contribution is 2.34. The standard InChI is InChI=1S/C21H21N3O/c1-3-24-18-12-8-7-11-17(18)20(19(25)15-23(2)14-13-22)21(24)16-9-5-4-6-10-16/h4-12H,3,14-15H2,1-2H3. The van der Waals surface area contributed by atoms with Crippen molar-refractivity contribution in [3.05, 3.63) is 60.2 Å². The summed E-state index contributed by atoms with van der Waals surface area (Å²) in [7, 11) is 1.79. The summed E-state index contributed by atoms with van der Waals surface area (Å²) in [6.07, 6.45) is 0. The smallest absolute Gasteiger partial charge is 0.179 e. The van der Waals surface area contributed by atoms with E-state index in [2.05, 4.69) is 23.6 Å². The number of likely N-dealkylation sites (N-methyl/N-ethyl adjacent to an activating group) is 1. The molecule has 0 radical (unpaired) electrons. The summed E-state index contributed by atoms with van der Waals surface area (Å²) in [5.41, 5.74) is 3.80. The number of para-hydroxylation sites is 1. The lowest BCUT2D eigenvalue weighted by atomic mass is 10.0. The van der Waals surface area contributed by atoms with Crippen molar-refractivity contribution in [1.29, 1.82) is 5.26 Å². The normalized spacial score (nSPS) is 11.0. The Balaban J connectivity index is 2.22. The first kappa shape index (κ1) is 16.9. The first-order chi connectivity index (χ1) is 12.2. The highest BCUT2D eigenvalue weighted by Gasteiger charge is 2.23. The summed E-state index contributed by atoms with van der Waals surface area (Å²) >= 11 is 0. The third kappa shape index (κ3) is 3.19. The topological polar surface area (TPSA) is 49.0 Å². The van der Waals surface area contributed by atoms with Gasteiger partial charge in [0.2, 0.25) is 0 Å². The predicted octanol–water partition coefficient (Wildman–Crippen LogP) is 3.97. The van der Waals surface area contributed by atoms with Gasteiger partial charge in [-0.1, -0.05) is 48.5 Å². The number of nitrogens with zero attached hydrogens (tertiary/aromatic N) is 3. The highest BCUT2D eigenvalue weighted by molar-refractivity contribution is 6.14. The molecule has 4 heteroatoms. The van der Waals surface area contributed by atoms with Gasteiger partial charge in [0.25, 0.3) is 0 Å². The van der Waals surface area contributed by atoms with E-state index in [1.165, 1.54) is 0 Å². The molecule has 2 aromatic carbocycles. The molecule has 0 fully saturated rings. The highest BCUT2D eigenvalue weighted by atomic mass is 16.1. The van der Waals surface area contributed by atoms with Crippen LogP contribution >= 0.6 is 0 Å². The Morgan fingerprint density at radius 1 is 1.12 bits per heavy atom. The van der Waals surface area contributed by atoms with Crippen LogP contribution in [0, 0.1) is 11.3 Å². The maximum absolute atomic E-state index is 13.1. The molecule has 0 aliphatic heterocycles. The van der Waals surface area contributed by atoms with Crippen molar-refractivity contribution < 1.29 is 4.79 Å². The Bertz CT molecular complexity index is 935. The number of carbonyl (C=O) groups is 1. The molecule has 0 saturated carbocycles. The monoisotopic (exact) mass is 331 g/mol. The lowest BCUT2D eigenvalue weighted by Crippen LogP contribution is -2.26. The number of rotatable bonds is 6. The molecular weight excluding hydrogens is 310 g/mol. The van der Waals surface area contributed by atoms with E-state index in [1.54, 1.807) is 11.9 Å². The number of ketones is 1. The van der Waals surface area contributed by atoms with Gasteiger partial charge in [-0.2, -0.15) is 5.26 Å². The fourth-order valence-electron chi connectivity index (χ4n) is 3.31. The maximum Gasteiger partial charge on any atom is 0.179 e. The van der Waals surface area contributed by atoms with Crippen molar-refractivity contribution in [3.63, 3.8) is 0 Å². The van der Waals surface area contributed by atoms with Gasteiger partial charge in [0.1, 0.15) is 0 Å². The number of aryl methyl sites for hydroxylation is 1. The molecule has 0 bridgehead atoms. The van der Waals surface area contributed by atoms with E-state index in [1.807, 2.05) is 48.5 Å². The van der Waals surface area contributed by atoms with Crippen LogP contribution in [0.1, 0.15) is 17.3 Å². The lowest BCUT2D eigenvalue weighted by Gasteiger charge is -2.13. The molecule has 0 unspecified atom stereocenters. The van der Waals surface area contributed by atoms with Crippen molar-refractivity contribution in [2.45, 2.75) is 13.5 Å². The van der Waals surface area contributed by atoms with Gasteiger partial charge < -0.3 is 4.57 Å². The van der Waals surface area contributed by atoms with E-state index in [4.69, 9.17) is 5.26 Å². The molecule has 3 rings (SSSR count). The van der Waals surface area contributed by atoms with Crippen molar-refractivity contribution in [2.75, 3.05) is 20.1 Å². The molecule has 0 amide bonds. The number of benzene rings is 2. The van der Waals surface area contributed by atoms with Gasteiger partial charge >= 0.3 is 0 Å². The summed E-state index contributed by atoms with van der Waals surface area (Å²) in [6.45, 7) is 3.34. The Hall–Kier alpha value is -2.90. The second kappa shape index (κ2) is 7.33. The Labute approximate surface area is 147 Å². The average molecular weight is 331 g/mol. The molecule has 3 aromatic rings. The lowest BCUT2D eigenvalue weighted by molar-refractivity contribution is 0.0954. The zero-order valence-corrected chi connectivity index (χ0v) is 14.6. The van der Waals surface area contributed by atoms with E-state index in [0.717, 1.165) is 34.3 Å². The molecule has 4 nitrogen and oxygen atoms in total. The molecule has 1 heterocycles. The molecule has 126 valence electrons. The molecule has 0 spiro atoms. The number of hydrogen-bond acceptors (Lipinski definition) is 3. The van der Waals surface area contributed by atoms with Crippen molar-refractivity contribution in [2.24, 2.45) is 0 Å². The van der Waals surface area contributed by atoms with E-state index in [9.17, 15) is 4.79 Å². The van der Waals surface area contributed by atoms with Gasteiger partial charge in [-0.3, -0.25) is 9.69 Å². The zero-order valence-electron chi connectivity index (χ0n) is 14.6. The maximum atomic E-state index is 13.1. The second-order valence-electron chi connectivity index (χ2n) is 6.10. The third-order valence-electron chi connectivity index (χ3n) is 4.37. The van der Waals surface area contributed by atoms with Crippen LogP contribution < -0.4 is 0 Å². The minimum atomic E-state index is 0.0417. The fourth-order valence-corrected chi connectivity index (χ4v) is 3.31. The fraction of sp³-hybridized carbons (Fsp3) is 0.238.